The van der Waals surface area contributed by atoms with Crippen molar-refractivity contribution in [3.63, 3.8) is 0 Å². The maximum Gasteiger partial charge on any atom is 0.251 e. The molecule has 1 N–H and O–H groups in total. The Morgan fingerprint density at radius 1 is 1.09 bits per heavy atom. The molecule has 0 aromatic heterocycles. The Bertz CT molecular complexity index is 706. The highest BCUT2D eigenvalue weighted by Gasteiger charge is 2.04. The highest BCUT2D eigenvalue weighted by molar-refractivity contribution is 7.80. The molecule has 0 radical (unpaired) electrons. The molecule has 2 aromatic carbocycles. The van der Waals surface area contributed by atoms with Crippen LogP contribution >= 0.6 is 12.2 Å². The van der Waals surface area contributed by atoms with Gasteiger partial charge in [0, 0.05) is 5.57 Å². The molecule has 0 saturated carbocycles. The molecule has 118 valence electrons. The number of benzene rings is 2. The van der Waals surface area contributed by atoms with Crippen LogP contribution in [0.15, 0.2) is 60.2 Å². The van der Waals surface area contributed by atoms with E-state index in [9.17, 15) is 4.79 Å². The van der Waals surface area contributed by atoms with Gasteiger partial charge >= 0.3 is 0 Å². The van der Waals surface area contributed by atoms with Crippen LogP contribution < -0.4 is 10.1 Å². The van der Waals surface area contributed by atoms with Gasteiger partial charge in [-0.3, -0.25) is 4.79 Å². The summed E-state index contributed by atoms with van der Waals surface area (Å²) in [6, 6.07) is 17.6. The van der Waals surface area contributed by atoms with E-state index in [-0.39, 0.29) is 5.91 Å². The van der Waals surface area contributed by atoms with Gasteiger partial charge in [-0.05, 0) is 43.2 Å². The maximum atomic E-state index is 11.8. The highest BCUT2D eigenvalue weighted by atomic mass is 32.1. The van der Waals surface area contributed by atoms with Gasteiger partial charge in [-0.1, -0.05) is 54.7 Å². The number of ether oxygens (including phenoxy) is 1. The summed E-state index contributed by atoms with van der Waals surface area (Å²) in [5.74, 6) is 0.616. The predicted octanol–water partition coefficient (Wildman–Crippen LogP) is 4.13. The number of amides is 1. The molecule has 4 heteroatoms. The fourth-order valence-electron chi connectivity index (χ4n) is 1.98. The Morgan fingerprint density at radius 2 is 1.74 bits per heavy atom. The third kappa shape index (κ3) is 5.68. The summed E-state index contributed by atoms with van der Waals surface area (Å²) in [4.78, 5) is 12.3. The average molecular weight is 325 g/mol. The summed E-state index contributed by atoms with van der Waals surface area (Å²) in [6.45, 7) is 3.97. The van der Waals surface area contributed by atoms with E-state index in [0.717, 1.165) is 16.9 Å². The molecule has 0 aliphatic rings. The van der Waals surface area contributed by atoms with Gasteiger partial charge < -0.3 is 10.1 Å². The molecule has 0 aliphatic heterocycles. The fraction of sp³-hybridized carbons (Fsp3) is 0.158. The summed E-state index contributed by atoms with van der Waals surface area (Å²) in [7, 11) is 0. The Labute approximate surface area is 142 Å². The molecule has 0 aliphatic carbocycles. The maximum absolute atomic E-state index is 11.8. The second-order valence-corrected chi connectivity index (χ2v) is 5.79. The number of thiocarbonyl (C=S) groups is 1. The minimum atomic E-state index is -0.179. The molecule has 0 saturated heterocycles. The molecule has 0 unspecified atom stereocenters. The first-order chi connectivity index (χ1) is 11.0. The van der Waals surface area contributed by atoms with E-state index in [1.54, 1.807) is 13.8 Å². The van der Waals surface area contributed by atoms with Gasteiger partial charge in [-0.15, -0.1) is 0 Å². The van der Waals surface area contributed by atoms with E-state index in [1.807, 2.05) is 60.7 Å². The van der Waals surface area contributed by atoms with Gasteiger partial charge in [0.2, 0.25) is 0 Å². The monoisotopic (exact) mass is 325 g/mol. The Kier molecular flexibility index (Phi) is 6.06. The third-order valence-corrected chi connectivity index (χ3v) is 3.26. The topological polar surface area (TPSA) is 38.3 Å². The van der Waals surface area contributed by atoms with Crippen LogP contribution in [0, 0.1) is 0 Å². The zero-order chi connectivity index (χ0) is 16.7. The van der Waals surface area contributed by atoms with E-state index in [0.29, 0.717) is 17.2 Å². The van der Waals surface area contributed by atoms with E-state index in [4.69, 9.17) is 17.0 Å². The summed E-state index contributed by atoms with van der Waals surface area (Å²) in [6.07, 6.45) is 1.81. The SMILES string of the molecule is CC(=S)NC(=O)/C(C)=C/c1ccc(OCc2ccccc2)cc1. The molecule has 0 heterocycles. The van der Waals surface area contributed by atoms with Gasteiger partial charge in [0.05, 0.1) is 4.99 Å². The van der Waals surface area contributed by atoms with Crippen LogP contribution in [0.2, 0.25) is 0 Å². The van der Waals surface area contributed by atoms with Crippen molar-refractivity contribution < 1.29 is 9.53 Å². The number of carbonyl (C=O) groups is 1. The molecule has 2 aromatic rings. The molecule has 0 fully saturated rings. The second kappa shape index (κ2) is 8.25. The summed E-state index contributed by atoms with van der Waals surface area (Å²) in [5, 5.41) is 2.61. The van der Waals surface area contributed by atoms with Crippen molar-refractivity contribution in [2.45, 2.75) is 20.5 Å². The van der Waals surface area contributed by atoms with Gasteiger partial charge in [-0.2, -0.15) is 0 Å². The van der Waals surface area contributed by atoms with Crippen LogP contribution in [-0.2, 0) is 11.4 Å². The Balaban J connectivity index is 1.96. The van der Waals surface area contributed by atoms with E-state index in [1.165, 1.54) is 0 Å². The van der Waals surface area contributed by atoms with Crippen molar-refractivity contribution in [1.82, 2.24) is 5.32 Å². The number of carbonyl (C=O) groups excluding carboxylic acids is 1. The first-order valence-corrected chi connectivity index (χ1v) is 7.72. The van der Waals surface area contributed by atoms with Crippen molar-refractivity contribution in [2.75, 3.05) is 0 Å². The van der Waals surface area contributed by atoms with E-state index < -0.39 is 0 Å². The molecule has 0 atom stereocenters. The molecule has 0 spiro atoms. The largest absolute Gasteiger partial charge is 0.489 e. The van der Waals surface area contributed by atoms with Gasteiger partial charge in [0.1, 0.15) is 12.4 Å². The third-order valence-electron chi connectivity index (χ3n) is 3.16. The average Bonchev–Trinajstić information content (AvgIpc) is 2.54. The fourth-order valence-corrected chi connectivity index (χ4v) is 2.07. The first kappa shape index (κ1) is 16.9. The Hall–Kier alpha value is -2.46. The number of rotatable bonds is 5. The van der Waals surface area contributed by atoms with Crippen molar-refractivity contribution in [1.29, 1.82) is 0 Å². The van der Waals surface area contributed by atoms with Crippen LogP contribution in [0.5, 0.6) is 5.75 Å². The number of hydrogen-bond acceptors (Lipinski definition) is 3. The molecular weight excluding hydrogens is 306 g/mol. The molecule has 3 nitrogen and oxygen atoms in total. The molecule has 0 bridgehead atoms. The lowest BCUT2D eigenvalue weighted by molar-refractivity contribution is -0.116. The zero-order valence-electron chi connectivity index (χ0n) is 13.2. The van der Waals surface area contributed by atoms with Gasteiger partial charge in [-0.25, -0.2) is 0 Å². The first-order valence-electron chi connectivity index (χ1n) is 7.31. The van der Waals surface area contributed by atoms with E-state index >= 15 is 0 Å². The minimum absolute atomic E-state index is 0.179. The highest BCUT2D eigenvalue weighted by Crippen LogP contribution is 2.16. The standard InChI is InChI=1S/C19H19NO2S/c1-14(19(21)20-15(2)23)12-16-8-10-18(11-9-16)22-13-17-6-4-3-5-7-17/h3-12H,13H2,1-2H3,(H,20,21,23)/b14-12+. The normalized spacial score (nSPS) is 11.0. The Morgan fingerprint density at radius 3 is 2.35 bits per heavy atom. The number of nitrogens with one attached hydrogen (secondary N) is 1. The lowest BCUT2D eigenvalue weighted by atomic mass is 10.1. The predicted molar refractivity (Wildman–Crippen MR) is 97.3 cm³/mol. The zero-order valence-corrected chi connectivity index (χ0v) is 14.0. The van der Waals surface area contributed by atoms with Crippen LogP contribution in [-0.4, -0.2) is 10.9 Å². The van der Waals surface area contributed by atoms with Crippen molar-refractivity contribution >= 4 is 29.2 Å². The second-order valence-electron chi connectivity index (χ2n) is 5.18. The smallest absolute Gasteiger partial charge is 0.251 e. The van der Waals surface area contributed by atoms with E-state index in [2.05, 4.69) is 5.32 Å². The quantitative estimate of drug-likeness (QED) is 0.663. The summed E-state index contributed by atoms with van der Waals surface area (Å²) < 4.78 is 5.74. The van der Waals surface area contributed by atoms with Gasteiger partial charge in [0.15, 0.2) is 0 Å². The van der Waals surface area contributed by atoms with Crippen LogP contribution in [0.25, 0.3) is 6.08 Å². The van der Waals surface area contributed by atoms with Crippen molar-refractivity contribution in [3.8, 4) is 5.75 Å². The molecule has 23 heavy (non-hydrogen) atoms. The van der Waals surface area contributed by atoms with Crippen molar-refractivity contribution in [3.05, 3.63) is 71.3 Å². The van der Waals surface area contributed by atoms with Crippen LogP contribution in [0.4, 0.5) is 0 Å². The minimum Gasteiger partial charge on any atom is -0.489 e. The van der Waals surface area contributed by atoms with Crippen molar-refractivity contribution in [2.24, 2.45) is 0 Å². The number of hydrogen-bond donors (Lipinski definition) is 1. The van der Waals surface area contributed by atoms with Crippen LogP contribution in [0.3, 0.4) is 0 Å². The van der Waals surface area contributed by atoms with Gasteiger partial charge in [0.25, 0.3) is 5.91 Å². The lowest BCUT2D eigenvalue weighted by Gasteiger charge is -2.07. The van der Waals surface area contributed by atoms with Crippen LogP contribution in [0.1, 0.15) is 25.0 Å². The molecular formula is C19H19NO2S. The molecule has 1 amide bonds. The molecule has 2 rings (SSSR count). The summed E-state index contributed by atoms with van der Waals surface area (Å²) in [5.41, 5.74) is 2.67. The lowest BCUT2D eigenvalue weighted by Crippen LogP contribution is -2.27. The summed E-state index contributed by atoms with van der Waals surface area (Å²) >= 11 is 4.87.